The number of rotatable bonds is 5. The van der Waals surface area contributed by atoms with Gasteiger partial charge in [-0.05, 0) is 0 Å². The van der Waals surface area contributed by atoms with Crippen molar-refractivity contribution >= 4 is 11.8 Å². The van der Waals surface area contributed by atoms with Crippen LogP contribution in [0.2, 0.25) is 0 Å². The van der Waals surface area contributed by atoms with E-state index in [1.54, 1.807) is 0 Å². The van der Waals surface area contributed by atoms with E-state index < -0.39 is 11.8 Å². The van der Waals surface area contributed by atoms with Gasteiger partial charge in [-0.3, -0.25) is 9.59 Å². The van der Waals surface area contributed by atoms with Crippen LogP contribution in [0, 0.1) is 6.42 Å². The summed E-state index contributed by atoms with van der Waals surface area (Å²) in [6, 6.07) is 0. The topological polar surface area (TPSA) is 81.4 Å². The van der Waals surface area contributed by atoms with Gasteiger partial charge in [-0.1, -0.05) is 0 Å². The molecule has 0 aliphatic carbocycles. The van der Waals surface area contributed by atoms with Crippen molar-refractivity contribution < 1.29 is 14.3 Å². The second kappa shape index (κ2) is 5.67. The molecule has 11 heavy (non-hydrogen) atoms. The first kappa shape index (κ1) is 9.90. The molecule has 0 bridgehead atoms. The molecule has 63 valence electrons. The fraction of sp³-hybridized carbons (Fsp3) is 0.500. The van der Waals surface area contributed by atoms with Gasteiger partial charge in [0.05, 0.1) is 6.61 Å². The molecule has 3 N–H and O–H groups in total. The molecule has 0 saturated heterocycles. The Hall–Kier alpha value is -1.10. The minimum Gasteiger partial charge on any atom is -0.383 e. The molecule has 0 aliphatic rings. The lowest BCUT2D eigenvalue weighted by atomic mass is 10.4. The molecule has 0 aromatic rings. The largest absolute Gasteiger partial charge is 0.383 e. The fourth-order valence-electron chi connectivity index (χ4n) is 0.457. The van der Waals surface area contributed by atoms with Gasteiger partial charge < -0.3 is 15.8 Å². The monoisotopic (exact) mass is 159 g/mol. The van der Waals surface area contributed by atoms with Crippen LogP contribution in [0.1, 0.15) is 0 Å². The second-order valence-corrected chi connectivity index (χ2v) is 1.83. The Bertz CT molecular complexity index is 147. The summed E-state index contributed by atoms with van der Waals surface area (Å²) in [5, 5.41) is 2.39. The maximum atomic E-state index is 10.6. The number of ether oxygens (including phenoxy) is 1. The highest BCUT2D eigenvalue weighted by Gasteiger charge is 2.04. The third-order valence-electron chi connectivity index (χ3n) is 0.879. The molecule has 0 aromatic heterocycles. The maximum absolute atomic E-state index is 10.6. The standard InChI is InChI=1S/C6H11N2O3/c1-11-3-2-8-6(10)4-5(7)9/h4H,2-3H2,1H3,(H2,7,9)(H,8,10). The number of hydrogen-bond acceptors (Lipinski definition) is 3. The highest BCUT2D eigenvalue weighted by molar-refractivity contribution is 6.07. The molecule has 0 atom stereocenters. The van der Waals surface area contributed by atoms with Gasteiger partial charge >= 0.3 is 0 Å². The van der Waals surface area contributed by atoms with Crippen LogP contribution in [-0.4, -0.2) is 32.1 Å². The molecule has 0 fully saturated rings. The van der Waals surface area contributed by atoms with E-state index in [1.807, 2.05) is 0 Å². The van der Waals surface area contributed by atoms with Crippen LogP contribution >= 0.6 is 0 Å². The average molecular weight is 159 g/mol. The van der Waals surface area contributed by atoms with Crippen LogP contribution in [-0.2, 0) is 14.3 Å². The van der Waals surface area contributed by atoms with Crippen molar-refractivity contribution in [2.45, 2.75) is 0 Å². The molecule has 5 heteroatoms. The van der Waals surface area contributed by atoms with Gasteiger partial charge in [0.2, 0.25) is 11.8 Å². The summed E-state index contributed by atoms with van der Waals surface area (Å²) in [5.74, 6) is -1.24. The van der Waals surface area contributed by atoms with Crippen molar-refractivity contribution in [3.8, 4) is 0 Å². The quantitative estimate of drug-likeness (QED) is 0.376. The molecular formula is C6H11N2O3. The fourth-order valence-corrected chi connectivity index (χ4v) is 0.457. The summed E-state index contributed by atoms with van der Waals surface area (Å²) in [6.07, 6.45) is 0.787. The summed E-state index contributed by atoms with van der Waals surface area (Å²) in [7, 11) is 1.52. The molecule has 0 aromatic carbocycles. The summed E-state index contributed by atoms with van der Waals surface area (Å²) in [5.41, 5.74) is 4.71. The number of nitrogens with one attached hydrogen (secondary N) is 1. The van der Waals surface area contributed by atoms with E-state index in [1.165, 1.54) is 7.11 Å². The zero-order valence-electron chi connectivity index (χ0n) is 6.29. The number of methoxy groups -OCH3 is 1. The minimum atomic E-state index is -0.750. The third kappa shape index (κ3) is 6.79. The SMILES string of the molecule is COCCNC(=O)[CH]C(N)=O. The van der Waals surface area contributed by atoms with Crippen LogP contribution in [0.25, 0.3) is 0 Å². The smallest absolute Gasteiger partial charge is 0.234 e. The van der Waals surface area contributed by atoms with Crippen molar-refractivity contribution in [1.82, 2.24) is 5.32 Å². The Kier molecular flexibility index (Phi) is 5.10. The normalized spacial score (nSPS) is 9.18. The van der Waals surface area contributed by atoms with Gasteiger partial charge in [-0.2, -0.15) is 0 Å². The molecule has 0 aliphatic heterocycles. The van der Waals surface area contributed by atoms with Crippen molar-refractivity contribution in [2.24, 2.45) is 5.73 Å². The molecule has 0 heterocycles. The summed E-state index contributed by atoms with van der Waals surface area (Å²) >= 11 is 0. The Balaban J connectivity index is 3.30. The van der Waals surface area contributed by atoms with E-state index in [9.17, 15) is 9.59 Å². The number of nitrogens with two attached hydrogens (primary N) is 1. The van der Waals surface area contributed by atoms with Crippen LogP contribution in [0.4, 0.5) is 0 Å². The van der Waals surface area contributed by atoms with Crippen LogP contribution in [0.15, 0.2) is 0 Å². The van der Waals surface area contributed by atoms with E-state index in [4.69, 9.17) is 5.73 Å². The number of carbonyl (C=O) groups excluding carboxylic acids is 2. The predicted octanol–water partition coefficient (Wildman–Crippen LogP) is -1.56. The summed E-state index contributed by atoms with van der Waals surface area (Å²) in [4.78, 5) is 20.7. The van der Waals surface area contributed by atoms with E-state index in [2.05, 4.69) is 10.1 Å². The lowest BCUT2D eigenvalue weighted by Gasteiger charge is -2.00. The third-order valence-corrected chi connectivity index (χ3v) is 0.879. The van der Waals surface area contributed by atoms with Gasteiger partial charge in [0.25, 0.3) is 0 Å². The molecule has 0 rings (SSSR count). The highest BCUT2D eigenvalue weighted by Crippen LogP contribution is 1.74. The Labute approximate surface area is 64.9 Å². The van der Waals surface area contributed by atoms with Crippen LogP contribution < -0.4 is 11.1 Å². The van der Waals surface area contributed by atoms with E-state index in [0.29, 0.717) is 13.2 Å². The first-order chi connectivity index (χ1) is 5.16. The Morgan fingerprint density at radius 1 is 1.64 bits per heavy atom. The van der Waals surface area contributed by atoms with Crippen molar-refractivity contribution in [3.63, 3.8) is 0 Å². The van der Waals surface area contributed by atoms with Gasteiger partial charge in [-0.25, -0.2) is 0 Å². The zero-order valence-corrected chi connectivity index (χ0v) is 6.29. The highest BCUT2D eigenvalue weighted by atomic mass is 16.5. The lowest BCUT2D eigenvalue weighted by molar-refractivity contribution is -0.122. The first-order valence-electron chi connectivity index (χ1n) is 3.07. The predicted molar refractivity (Wildman–Crippen MR) is 38.4 cm³/mol. The second-order valence-electron chi connectivity index (χ2n) is 1.83. The van der Waals surface area contributed by atoms with Gasteiger partial charge in [0, 0.05) is 13.7 Å². The minimum absolute atomic E-state index is 0.374. The molecule has 0 unspecified atom stereocenters. The number of primary amides is 1. The van der Waals surface area contributed by atoms with Crippen LogP contribution in [0.5, 0.6) is 0 Å². The Morgan fingerprint density at radius 3 is 2.73 bits per heavy atom. The lowest BCUT2D eigenvalue weighted by Crippen LogP contribution is -2.31. The van der Waals surface area contributed by atoms with Gasteiger partial charge in [0.15, 0.2) is 0 Å². The molecule has 1 radical (unpaired) electrons. The zero-order chi connectivity index (χ0) is 8.69. The van der Waals surface area contributed by atoms with E-state index in [-0.39, 0.29) is 0 Å². The molecule has 2 amide bonds. The molecule has 0 spiro atoms. The maximum Gasteiger partial charge on any atom is 0.234 e. The first-order valence-corrected chi connectivity index (χ1v) is 3.07. The van der Waals surface area contributed by atoms with Crippen molar-refractivity contribution in [3.05, 3.63) is 6.42 Å². The summed E-state index contributed by atoms with van der Waals surface area (Å²) in [6.45, 7) is 0.789. The Morgan fingerprint density at radius 2 is 2.27 bits per heavy atom. The molecule has 5 nitrogen and oxygen atoms in total. The van der Waals surface area contributed by atoms with E-state index in [0.717, 1.165) is 6.42 Å². The number of amides is 2. The average Bonchev–Trinajstić information content (AvgIpc) is 1.86. The van der Waals surface area contributed by atoms with Crippen LogP contribution in [0.3, 0.4) is 0 Å². The molecular weight excluding hydrogens is 148 g/mol. The van der Waals surface area contributed by atoms with Crippen molar-refractivity contribution in [1.29, 1.82) is 0 Å². The number of carbonyl (C=O) groups is 2. The summed E-state index contributed by atoms with van der Waals surface area (Å²) < 4.78 is 4.65. The van der Waals surface area contributed by atoms with E-state index >= 15 is 0 Å². The van der Waals surface area contributed by atoms with Gasteiger partial charge in [-0.15, -0.1) is 0 Å². The van der Waals surface area contributed by atoms with Gasteiger partial charge in [0.1, 0.15) is 6.42 Å². The van der Waals surface area contributed by atoms with Crippen molar-refractivity contribution in [2.75, 3.05) is 20.3 Å². The number of hydrogen-bond donors (Lipinski definition) is 2. The molecule has 0 saturated carbocycles.